The first-order valence-corrected chi connectivity index (χ1v) is 14.7. The summed E-state index contributed by atoms with van der Waals surface area (Å²) in [4.78, 5) is 14.1. The summed E-state index contributed by atoms with van der Waals surface area (Å²) in [5.41, 5.74) is 2.24. The largest absolute Gasteiger partial charge is 0.326 e. The summed E-state index contributed by atoms with van der Waals surface area (Å²) in [5, 5.41) is 3.58. The number of amides is 1. The molecule has 1 aliphatic rings. The highest BCUT2D eigenvalue weighted by molar-refractivity contribution is 7.98. The van der Waals surface area contributed by atoms with Gasteiger partial charge in [0.1, 0.15) is 0 Å². The van der Waals surface area contributed by atoms with E-state index in [2.05, 4.69) is 17.4 Å². The quantitative estimate of drug-likeness (QED) is 0.327. The molecular weight excluding hydrogens is 523 g/mol. The highest BCUT2D eigenvalue weighted by Crippen LogP contribution is 2.29. The van der Waals surface area contributed by atoms with Gasteiger partial charge in [0.25, 0.3) is 0 Å². The van der Waals surface area contributed by atoms with E-state index in [9.17, 15) is 13.2 Å². The van der Waals surface area contributed by atoms with Crippen molar-refractivity contribution >= 4 is 56.6 Å². The fourth-order valence-corrected chi connectivity index (χ4v) is 7.20. The molecule has 1 N–H and O–H groups in total. The van der Waals surface area contributed by atoms with Crippen molar-refractivity contribution in [3.63, 3.8) is 0 Å². The van der Waals surface area contributed by atoms with E-state index in [1.165, 1.54) is 9.20 Å². The molecule has 1 amide bonds. The first-order chi connectivity index (χ1) is 16.8. The maximum absolute atomic E-state index is 13.1. The van der Waals surface area contributed by atoms with Gasteiger partial charge in [-0.05, 0) is 54.8 Å². The van der Waals surface area contributed by atoms with Gasteiger partial charge in [0.2, 0.25) is 15.9 Å². The Labute approximate surface area is 220 Å². The Hall–Kier alpha value is -2.03. The molecule has 0 unspecified atom stereocenters. The topological polar surface area (TPSA) is 66.5 Å². The van der Waals surface area contributed by atoms with Gasteiger partial charge in [-0.25, -0.2) is 12.7 Å². The summed E-state index contributed by atoms with van der Waals surface area (Å²) in [6, 6.07) is 22.9. The molecule has 0 saturated carbocycles. The molecule has 0 spiro atoms. The summed E-state index contributed by atoms with van der Waals surface area (Å²) >= 11 is 14.1. The summed E-state index contributed by atoms with van der Waals surface area (Å²) in [7, 11) is -3.67. The van der Waals surface area contributed by atoms with Gasteiger partial charge in [0.05, 0.1) is 11.7 Å². The van der Waals surface area contributed by atoms with Crippen molar-refractivity contribution in [1.82, 2.24) is 4.31 Å². The van der Waals surface area contributed by atoms with Gasteiger partial charge in [-0.3, -0.25) is 4.79 Å². The zero-order valence-corrected chi connectivity index (χ0v) is 22.1. The minimum atomic E-state index is -3.67. The third-order valence-corrected chi connectivity index (χ3v) is 9.47. The summed E-state index contributed by atoms with van der Waals surface area (Å²) < 4.78 is 27.5. The van der Waals surface area contributed by atoms with Gasteiger partial charge in [0, 0.05) is 45.0 Å². The van der Waals surface area contributed by atoms with Gasteiger partial charge in [-0.15, -0.1) is 11.8 Å². The van der Waals surface area contributed by atoms with E-state index in [-0.39, 0.29) is 18.2 Å². The lowest BCUT2D eigenvalue weighted by atomic mass is 9.98. The number of sulfonamides is 1. The second-order valence-electron chi connectivity index (χ2n) is 8.44. The molecule has 4 rings (SSSR count). The molecule has 1 heterocycles. The van der Waals surface area contributed by atoms with Gasteiger partial charge >= 0.3 is 0 Å². The first kappa shape index (κ1) is 26.0. The minimum absolute atomic E-state index is 0.141. The number of nitrogens with zero attached hydrogens (tertiary/aromatic N) is 1. The molecule has 35 heavy (non-hydrogen) atoms. The smallest absolute Gasteiger partial charge is 0.228 e. The van der Waals surface area contributed by atoms with E-state index in [4.69, 9.17) is 23.2 Å². The van der Waals surface area contributed by atoms with E-state index in [0.29, 0.717) is 40.7 Å². The van der Waals surface area contributed by atoms with Gasteiger partial charge in [-0.1, -0.05) is 59.6 Å². The van der Waals surface area contributed by atoms with E-state index in [1.54, 1.807) is 30.0 Å². The highest BCUT2D eigenvalue weighted by Gasteiger charge is 2.33. The Balaban J connectivity index is 1.34. The maximum Gasteiger partial charge on any atom is 0.228 e. The van der Waals surface area contributed by atoms with E-state index < -0.39 is 15.9 Å². The molecule has 9 heteroatoms. The average Bonchev–Trinajstić information content (AvgIpc) is 2.87. The number of hydrogen-bond acceptors (Lipinski definition) is 4. The second kappa shape index (κ2) is 11.8. The zero-order valence-electron chi connectivity index (χ0n) is 19.0. The van der Waals surface area contributed by atoms with Crippen molar-refractivity contribution in [3.8, 4) is 0 Å². The zero-order chi connectivity index (χ0) is 24.8. The lowest BCUT2D eigenvalue weighted by molar-refractivity contribution is -0.120. The molecular formula is C26H26Cl2N2O3S2. The van der Waals surface area contributed by atoms with Crippen molar-refractivity contribution in [2.45, 2.75) is 29.2 Å². The number of hydrogen-bond donors (Lipinski definition) is 1. The van der Waals surface area contributed by atoms with Crippen LogP contribution in [0.2, 0.25) is 10.0 Å². The molecule has 1 saturated heterocycles. The number of rotatable bonds is 8. The van der Waals surface area contributed by atoms with Crippen molar-refractivity contribution < 1.29 is 13.2 Å². The van der Waals surface area contributed by atoms with E-state index in [1.807, 2.05) is 42.5 Å². The lowest BCUT2D eigenvalue weighted by Crippen LogP contribution is -2.44. The lowest BCUT2D eigenvalue weighted by Gasteiger charge is -2.31. The predicted octanol–water partition coefficient (Wildman–Crippen LogP) is 6.47. The van der Waals surface area contributed by atoms with E-state index >= 15 is 0 Å². The molecule has 3 aromatic carbocycles. The Morgan fingerprint density at radius 3 is 2.34 bits per heavy atom. The van der Waals surface area contributed by atoms with Crippen LogP contribution in [-0.4, -0.2) is 31.7 Å². The number of anilines is 1. The Bertz CT molecular complexity index is 1250. The highest BCUT2D eigenvalue weighted by atomic mass is 35.5. The van der Waals surface area contributed by atoms with Crippen LogP contribution in [0, 0.1) is 5.92 Å². The number of carbonyl (C=O) groups excluding carboxylic acids is 1. The molecule has 0 aliphatic carbocycles. The third-order valence-electron chi connectivity index (χ3n) is 5.91. The number of benzene rings is 3. The standard InChI is InChI=1S/C26H26Cl2N2O3S2/c27-24-9-4-10-25(28)23(24)18-35(32,33)30-15-5-6-20(16-30)26(31)29-21-13-11-19(12-14-21)17-34-22-7-2-1-3-8-22/h1-4,7-14,20H,5-6,15-18H2,(H,29,31)/t20-/m0/s1. The number of thioether (sulfide) groups is 1. The van der Waals surface area contributed by atoms with Crippen LogP contribution < -0.4 is 5.32 Å². The Morgan fingerprint density at radius 2 is 1.66 bits per heavy atom. The van der Waals surface area contributed by atoms with Crippen LogP contribution in [0.3, 0.4) is 0 Å². The number of piperidine rings is 1. The molecule has 1 aliphatic heterocycles. The van der Waals surface area contributed by atoms with Crippen LogP contribution in [0.1, 0.15) is 24.0 Å². The molecule has 0 bridgehead atoms. The molecule has 1 fully saturated rings. The van der Waals surface area contributed by atoms with Crippen LogP contribution in [0.25, 0.3) is 0 Å². The van der Waals surface area contributed by atoms with Crippen LogP contribution in [0.5, 0.6) is 0 Å². The number of halogens is 2. The average molecular weight is 550 g/mol. The fraction of sp³-hybridized carbons (Fsp3) is 0.269. The molecule has 0 radical (unpaired) electrons. The number of nitrogens with one attached hydrogen (secondary N) is 1. The van der Waals surface area contributed by atoms with Crippen LogP contribution in [0.15, 0.2) is 77.7 Å². The van der Waals surface area contributed by atoms with Crippen molar-refractivity contribution in [2.75, 3.05) is 18.4 Å². The Kier molecular flexibility index (Phi) is 8.78. The van der Waals surface area contributed by atoms with Crippen molar-refractivity contribution in [1.29, 1.82) is 0 Å². The monoisotopic (exact) mass is 548 g/mol. The van der Waals surface area contributed by atoms with Gasteiger partial charge in [0.15, 0.2) is 0 Å². The fourth-order valence-electron chi connectivity index (χ4n) is 3.97. The van der Waals surface area contributed by atoms with Crippen molar-refractivity contribution in [3.05, 3.63) is 94.0 Å². The Morgan fingerprint density at radius 1 is 0.971 bits per heavy atom. The molecule has 0 aromatic heterocycles. The molecule has 1 atom stereocenters. The SMILES string of the molecule is O=C(Nc1ccc(CSc2ccccc2)cc1)[C@H]1CCCN(S(=O)(=O)Cc2c(Cl)cccc2Cl)C1. The van der Waals surface area contributed by atoms with Crippen LogP contribution in [-0.2, 0) is 26.3 Å². The molecule has 184 valence electrons. The van der Waals surface area contributed by atoms with E-state index in [0.717, 1.165) is 11.3 Å². The number of carbonyl (C=O) groups is 1. The summed E-state index contributed by atoms with van der Waals surface area (Å²) in [5.74, 6) is -0.0496. The normalized spacial score (nSPS) is 16.7. The van der Waals surface area contributed by atoms with Gasteiger partial charge in [-0.2, -0.15) is 0 Å². The second-order valence-corrected chi connectivity index (χ2v) is 12.3. The predicted molar refractivity (Wildman–Crippen MR) is 144 cm³/mol. The summed E-state index contributed by atoms with van der Waals surface area (Å²) in [6.45, 7) is 0.518. The van der Waals surface area contributed by atoms with Crippen LogP contribution in [0.4, 0.5) is 5.69 Å². The minimum Gasteiger partial charge on any atom is -0.326 e. The van der Waals surface area contributed by atoms with Crippen molar-refractivity contribution in [2.24, 2.45) is 5.92 Å². The summed E-state index contributed by atoms with van der Waals surface area (Å²) in [6.07, 6.45) is 1.25. The molecule has 3 aromatic rings. The molecule has 5 nitrogen and oxygen atoms in total. The first-order valence-electron chi connectivity index (χ1n) is 11.3. The maximum atomic E-state index is 13.1. The third kappa shape index (κ3) is 7.02. The van der Waals surface area contributed by atoms with Gasteiger partial charge < -0.3 is 5.32 Å². The van der Waals surface area contributed by atoms with Crippen LogP contribution >= 0.6 is 35.0 Å².